The van der Waals surface area contributed by atoms with Gasteiger partial charge in [0.25, 0.3) is 0 Å². The van der Waals surface area contributed by atoms with Crippen molar-refractivity contribution in [1.29, 1.82) is 0 Å². The molecule has 2 aromatic rings. The number of nitrogens with zero attached hydrogens (tertiary/aromatic N) is 1. The van der Waals surface area contributed by atoms with E-state index in [1.807, 2.05) is 19.9 Å². The maximum atomic E-state index is 10.3. The molecule has 23 heavy (non-hydrogen) atoms. The lowest BCUT2D eigenvalue weighted by Crippen LogP contribution is -2.04. The minimum atomic E-state index is 0.0924. The second-order valence-electron chi connectivity index (χ2n) is 5.54. The lowest BCUT2D eigenvalue weighted by molar-refractivity contribution is 0.144. The van der Waals surface area contributed by atoms with Crippen LogP contribution in [0.3, 0.4) is 0 Å². The molecule has 0 amide bonds. The predicted molar refractivity (Wildman–Crippen MR) is 93.4 cm³/mol. The molecule has 0 heterocycles. The van der Waals surface area contributed by atoms with E-state index in [0.29, 0.717) is 24.5 Å². The highest BCUT2D eigenvalue weighted by molar-refractivity contribution is 5.87. The van der Waals surface area contributed by atoms with Crippen LogP contribution in [0.1, 0.15) is 22.3 Å². The van der Waals surface area contributed by atoms with Crippen molar-refractivity contribution in [3.05, 3.63) is 52.6 Å². The maximum Gasteiger partial charge on any atom is 0.166 e. The summed E-state index contributed by atoms with van der Waals surface area (Å²) in [5, 5.41) is 10.3. The molecule has 2 aromatic carbocycles. The summed E-state index contributed by atoms with van der Waals surface area (Å²) in [5.41, 5.74) is 5.01. The van der Waals surface area contributed by atoms with E-state index in [0.717, 1.165) is 16.8 Å². The minimum absolute atomic E-state index is 0.0924. The third-order valence-electron chi connectivity index (χ3n) is 3.54. The molecule has 0 spiro atoms. The predicted octanol–water partition coefficient (Wildman–Crippen LogP) is 4.09. The number of aryl methyl sites for hydroxylation is 3. The topological polar surface area (TPSA) is 51.0 Å². The van der Waals surface area contributed by atoms with Gasteiger partial charge in [-0.25, -0.2) is 0 Å². The Balaban J connectivity index is 2.25. The van der Waals surface area contributed by atoms with Crippen molar-refractivity contribution in [1.82, 2.24) is 0 Å². The van der Waals surface area contributed by atoms with Crippen LogP contribution in [-0.2, 0) is 4.74 Å². The fourth-order valence-electron chi connectivity index (χ4n) is 2.51. The van der Waals surface area contributed by atoms with Crippen LogP contribution in [0, 0.1) is 20.8 Å². The molecule has 0 bridgehead atoms. The van der Waals surface area contributed by atoms with Crippen LogP contribution >= 0.6 is 0 Å². The molecular weight excluding hydrogens is 290 g/mol. The normalized spacial score (nSPS) is 11.1. The van der Waals surface area contributed by atoms with Gasteiger partial charge in [0.2, 0.25) is 0 Å². The van der Waals surface area contributed by atoms with Gasteiger partial charge in [0, 0.05) is 18.9 Å². The zero-order valence-electron chi connectivity index (χ0n) is 14.1. The van der Waals surface area contributed by atoms with Gasteiger partial charge in [0.05, 0.1) is 12.3 Å². The van der Waals surface area contributed by atoms with Gasteiger partial charge in [-0.2, -0.15) is 0 Å². The molecule has 0 saturated carbocycles. The number of ether oxygens (including phenoxy) is 2. The average molecular weight is 313 g/mol. The lowest BCUT2D eigenvalue weighted by atomic mass is 10.1. The molecule has 0 aliphatic rings. The van der Waals surface area contributed by atoms with E-state index >= 15 is 0 Å². The average Bonchev–Trinajstić information content (AvgIpc) is 2.49. The Bertz CT molecular complexity index is 685. The monoisotopic (exact) mass is 313 g/mol. The minimum Gasteiger partial charge on any atom is -0.504 e. The van der Waals surface area contributed by atoms with E-state index in [4.69, 9.17) is 9.47 Å². The van der Waals surface area contributed by atoms with Crippen LogP contribution in [0.4, 0.5) is 5.69 Å². The molecular formula is C19H23NO3. The van der Waals surface area contributed by atoms with Gasteiger partial charge in [-0.05, 0) is 44.0 Å². The van der Waals surface area contributed by atoms with Crippen molar-refractivity contribution < 1.29 is 14.6 Å². The molecule has 0 saturated heterocycles. The summed E-state index contributed by atoms with van der Waals surface area (Å²) in [5.74, 6) is 0.526. The third kappa shape index (κ3) is 4.33. The van der Waals surface area contributed by atoms with Gasteiger partial charge in [-0.1, -0.05) is 23.8 Å². The first-order valence-corrected chi connectivity index (χ1v) is 7.58. The highest BCUT2D eigenvalue weighted by atomic mass is 16.5. The van der Waals surface area contributed by atoms with Crippen LogP contribution in [0.15, 0.2) is 35.3 Å². The van der Waals surface area contributed by atoms with Gasteiger partial charge in [-0.15, -0.1) is 0 Å². The Morgan fingerprint density at radius 3 is 2.43 bits per heavy atom. The quantitative estimate of drug-likeness (QED) is 0.645. The van der Waals surface area contributed by atoms with Crippen molar-refractivity contribution in [2.45, 2.75) is 20.8 Å². The molecule has 0 unspecified atom stereocenters. The number of benzene rings is 2. The van der Waals surface area contributed by atoms with E-state index in [-0.39, 0.29) is 5.75 Å². The van der Waals surface area contributed by atoms with Crippen molar-refractivity contribution in [3.63, 3.8) is 0 Å². The van der Waals surface area contributed by atoms with Crippen molar-refractivity contribution in [2.75, 3.05) is 20.3 Å². The number of hydrogen-bond donors (Lipinski definition) is 1. The van der Waals surface area contributed by atoms with Crippen LogP contribution < -0.4 is 4.74 Å². The number of phenolic OH excluding ortho intramolecular Hbond substituents is 1. The second kappa shape index (κ2) is 7.79. The van der Waals surface area contributed by atoms with Crippen LogP contribution in [0.2, 0.25) is 0 Å². The first-order valence-electron chi connectivity index (χ1n) is 7.58. The molecule has 0 fully saturated rings. The summed E-state index contributed by atoms with van der Waals surface area (Å²) >= 11 is 0. The summed E-state index contributed by atoms with van der Waals surface area (Å²) < 4.78 is 10.4. The van der Waals surface area contributed by atoms with Gasteiger partial charge >= 0.3 is 0 Å². The molecule has 0 aliphatic heterocycles. The number of aliphatic imine (C=N–C) groups is 1. The van der Waals surface area contributed by atoms with E-state index in [9.17, 15) is 5.11 Å². The standard InChI is InChI=1S/C19H23NO3/c1-13-10-14(2)18(15(3)11-13)20-12-16-6-5-7-17(19(16)21)23-9-8-22-4/h5-7,10-12,21H,8-9H2,1-4H3/b20-12+. The van der Waals surface area contributed by atoms with E-state index < -0.39 is 0 Å². The molecule has 1 N–H and O–H groups in total. The van der Waals surface area contributed by atoms with Crippen LogP contribution in [0.25, 0.3) is 0 Å². The lowest BCUT2D eigenvalue weighted by Gasteiger charge is -2.09. The van der Waals surface area contributed by atoms with Gasteiger partial charge in [0.15, 0.2) is 11.5 Å². The summed E-state index contributed by atoms with van der Waals surface area (Å²) in [6.07, 6.45) is 1.67. The molecule has 2 rings (SSSR count). The Labute approximate surface area is 137 Å². The molecule has 122 valence electrons. The van der Waals surface area contributed by atoms with Crippen molar-refractivity contribution in [2.24, 2.45) is 4.99 Å². The van der Waals surface area contributed by atoms with E-state index in [2.05, 4.69) is 24.0 Å². The maximum absolute atomic E-state index is 10.3. The summed E-state index contributed by atoms with van der Waals surface area (Å²) in [6.45, 7) is 7.01. The summed E-state index contributed by atoms with van der Waals surface area (Å²) in [6, 6.07) is 9.57. The van der Waals surface area contributed by atoms with Gasteiger partial charge in [-0.3, -0.25) is 4.99 Å². The van der Waals surface area contributed by atoms with E-state index in [1.54, 1.807) is 25.5 Å². The van der Waals surface area contributed by atoms with Crippen molar-refractivity contribution >= 4 is 11.9 Å². The van der Waals surface area contributed by atoms with E-state index in [1.165, 1.54) is 5.56 Å². The first-order chi connectivity index (χ1) is 11.0. The van der Waals surface area contributed by atoms with Crippen LogP contribution in [0.5, 0.6) is 11.5 Å². The second-order valence-corrected chi connectivity index (χ2v) is 5.54. The number of hydrogen-bond acceptors (Lipinski definition) is 4. The summed E-state index contributed by atoms with van der Waals surface area (Å²) in [4.78, 5) is 4.55. The highest BCUT2D eigenvalue weighted by Gasteiger charge is 2.07. The zero-order chi connectivity index (χ0) is 16.8. The molecule has 0 radical (unpaired) electrons. The molecule has 0 aliphatic carbocycles. The number of aromatic hydroxyl groups is 1. The van der Waals surface area contributed by atoms with Crippen LogP contribution in [-0.4, -0.2) is 31.6 Å². The van der Waals surface area contributed by atoms with Gasteiger partial charge < -0.3 is 14.6 Å². The Morgan fingerprint density at radius 1 is 1.09 bits per heavy atom. The van der Waals surface area contributed by atoms with Gasteiger partial charge in [0.1, 0.15) is 6.61 Å². The third-order valence-corrected chi connectivity index (χ3v) is 3.54. The fourth-order valence-corrected chi connectivity index (χ4v) is 2.51. The number of methoxy groups -OCH3 is 1. The number of phenols is 1. The largest absolute Gasteiger partial charge is 0.504 e. The molecule has 0 aromatic heterocycles. The highest BCUT2D eigenvalue weighted by Crippen LogP contribution is 2.30. The zero-order valence-corrected chi connectivity index (χ0v) is 14.1. The fraction of sp³-hybridized carbons (Fsp3) is 0.316. The molecule has 0 atom stereocenters. The Morgan fingerprint density at radius 2 is 1.78 bits per heavy atom. The van der Waals surface area contributed by atoms with Crippen molar-refractivity contribution in [3.8, 4) is 11.5 Å². The summed E-state index contributed by atoms with van der Waals surface area (Å²) in [7, 11) is 1.61. The Kier molecular flexibility index (Phi) is 5.77. The molecule has 4 heteroatoms. The smallest absolute Gasteiger partial charge is 0.166 e. The molecule has 4 nitrogen and oxygen atoms in total. The Hall–Kier alpha value is -2.33. The SMILES string of the molecule is COCCOc1cccc(/C=N/c2c(C)cc(C)cc2C)c1O. The first kappa shape index (κ1) is 17.0. The number of para-hydroxylation sites is 1. The number of rotatable bonds is 6.